The Hall–Kier alpha value is -1.35. The van der Waals surface area contributed by atoms with Gasteiger partial charge in [-0.25, -0.2) is 0 Å². The summed E-state index contributed by atoms with van der Waals surface area (Å²) in [5.41, 5.74) is 2.50. The Kier molecular flexibility index (Phi) is 5.40. The molecule has 0 aliphatic carbocycles. The van der Waals surface area contributed by atoms with Gasteiger partial charge < -0.3 is 10.4 Å². The predicted octanol–water partition coefficient (Wildman–Crippen LogP) is 3.88. The molecule has 1 fully saturated rings. The van der Waals surface area contributed by atoms with Gasteiger partial charge in [-0.2, -0.15) is 0 Å². The maximum Gasteiger partial charge on any atom is 0.0602 e. The van der Waals surface area contributed by atoms with E-state index in [0.29, 0.717) is 0 Å². The lowest BCUT2D eigenvalue weighted by Gasteiger charge is -2.39. The van der Waals surface area contributed by atoms with Crippen molar-refractivity contribution in [3.63, 3.8) is 0 Å². The summed E-state index contributed by atoms with van der Waals surface area (Å²) in [7, 11) is 0. The normalized spacial score (nSPS) is 28.7. The molecule has 1 aliphatic heterocycles. The molecule has 1 heterocycles. The first-order chi connectivity index (χ1) is 9.75. The fourth-order valence-electron chi connectivity index (χ4n) is 3.09. The van der Waals surface area contributed by atoms with Crippen molar-refractivity contribution in [1.29, 1.82) is 0 Å². The molecule has 0 bridgehead atoms. The molecule has 0 spiro atoms. The Morgan fingerprint density at radius 2 is 1.43 bits per heavy atom. The summed E-state index contributed by atoms with van der Waals surface area (Å²) in [5, 5.41) is 14.1. The lowest BCUT2D eigenvalue weighted by Crippen LogP contribution is -2.43. The van der Waals surface area contributed by atoms with Gasteiger partial charge in [-0.1, -0.05) is 67.6 Å². The smallest absolute Gasteiger partial charge is 0.0602 e. The minimum Gasteiger partial charge on any atom is -0.393 e. The van der Waals surface area contributed by atoms with Crippen LogP contribution in [-0.4, -0.2) is 11.2 Å². The van der Waals surface area contributed by atoms with Crippen LogP contribution in [-0.2, 0) is 0 Å². The summed E-state index contributed by atoms with van der Waals surface area (Å²) in [4.78, 5) is 0. The molecule has 2 nitrogen and oxygen atoms in total. The van der Waals surface area contributed by atoms with Gasteiger partial charge in [0.25, 0.3) is 0 Å². The van der Waals surface area contributed by atoms with Crippen molar-refractivity contribution in [2.45, 2.75) is 31.5 Å². The molecular weight excluding hydrogens is 282 g/mol. The van der Waals surface area contributed by atoms with Crippen LogP contribution < -0.4 is 5.32 Å². The van der Waals surface area contributed by atoms with E-state index in [1.54, 1.807) is 0 Å². The van der Waals surface area contributed by atoms with Crippen molar-refractivity contribution in [3.05, 3.63) is 71.8 Å². The first-order valence-electron chi connectivity index (χ1n) is 7.29. The molecule has 1 aliphatic rings. The molecule has 1 saturated heterocycles. The first kappa shape index (κ1) is 16.0. The topological polar surface area (TPSA) is 32.3 Å². The Bertz CT molecular complexity index is 546. The van der Waals surface area contributed by atoms with Crippen LogP contribution in [0.2, 0.25) is 0 Å². The highest BCUT2D eigenvalue weighted by Gasteiger charge is 2.34. The van der Waals surface area contributed by atoms with Crippen molar-refractivity contribution in [1.82, 2.24) is 5.32 Å². The van der Waals surface area contributed by atoms with Crippen LogP contribution in [0.15, 0.2) is 60.7 Å². The summed E-state index contributed by atoms with van der Waals surface area (Å²) < 4.78 is 0. The SMILES string of the molecule is CC1C(O)CC(c2ccccc2)NC1c1ccccc1.Cl. The summed E-state index contributed by atoms with van der Waals surface area (Å²) in [6, 6.07) is 21.2. The van der Waals surface area contributed by atoms with Crippen LogP contribution in [0.5, 0.6) is 0 Å². The molecule has 112 valence electrons. The zero-order chi connectivity index (χ0) is 13.9. The quantitative estimate of drug-likeness (QED) is 0.882. The van der Waals surface area contributed by atoms with E-state index in [1.165, 1.54) is 11.1 Å². The van der Waals surface area contributed by atoms with E-state index in [-0.39, 0.29) is 36.5 Å². The predicted molar refractivity (Wildman–Crippen MR) is 88.5 cm³/mol. The van der Waals surface area contributed by atoms with Gasteiger partial charge in [-0.05, 0) is 17.5 Å². The second kappa shape index (κ2) is 7.08. The highest BCUT2D eigenvalue weighted by molar-refractivity contribution is 5.85. The van der Waals surface area contributed by atoms with Gasteiger partial charge in [0.1, 0.15) is 0 Å². The van der Waals surface area contributed by atoms with Crippen molar-refractivity contribution in [2.75, 3.05) is 0 Å². The third-order valence-corrected chi connectivity index (χ3v) is 4.35. The molecule has 0 saturated carbocycles. The second-order valence-electron chi connectivity index (χ2n) is 5.68. The van der Waals surface area contributed by atoms with E-state index in [9.17, 15) is 5.11 Å². The number of rotatable bonds is 2. The van der Waals surface area contributed by atoms with Crippen molar-refractivity contribution in [3.8, 4) is 0 Å². The van der Waals surface area contributed by atoms with E-state index in [4.69, 9.17) is 0 Å². The number of aliphatic hydroxyl groups excluding tert-OH is 1. The highest BCUT2D eigenvalue weighted by atomic mass is 35.5. The van der Waals surface area contributed by atoms with Crippen LogP contribution in [0.1, 0.15) is 36.6 Å². The number of hydrogen-bond acceptors (Lipinski definition) is 2. The molecule has 0 radical (unpaired) electrons. The molecular formula is C18H22ClNO. The van der Waals surface area contributed by atoms with Crippen molar-refractivity contribution < 1.29 is 5.11 Å². The average molecular weight is 304 g/mol. The van der Waals surface area contributed by atoms with E-state index in [1.807, 2.05) is 12.1 Å². The number of nitrogens with one attached hydrogen (secondary N) is 1. The number of benzene rings is 2. The van der Waals surface area contributed by atoms with Crippen LogP contribution in [0.25, 0.3) is 0 Å². The van der Waals surface area contributed by atoms with E-state index in [0.717, 1.165) is 6.42 Å². The van der Waals surface area contributed by atoms with E-state index >= 15 is 0 Å². The molecule has 21 heavy (non-hydrogen) atoms. The molecule has 2 aromatic carbocycles. The molecule has 2 N–H and O–H groups in total. The van der Waals surface area contributed by atoms with Gasteiger partial charge in [-0.3, -0.25) is 0 Å². The van der Waals surface area contributed by atoms with Crippen molar-refractivity contribution >= 4 is 12.4 Å². The fraction of sp³-hybridized carbons (Fsp3) is 0.333. The molecule has 4 atom stereocenters. The number of piperidine rings is 1. The lowest BCUT2D eigenvalue weighted by molar-refractivity contribution is 0.0402. The summed E-state index contributed by atoms with van der Waals surface area (Å²) in [6.45, 7) is 2.12. The summed E-state index contributed by atoms with van der Waals surface area (Å²) in [6.07, 6.45) is 0.501. The van der Waals surface area contributed by atoms with Gasteiger partial charge >= 0.3 is 0 Å². The van der Waals surface area contributed by atoms with Crippen LogP contribution >= 0.6 is 12.4 Å². The molecule has 0 amide bonds. The molecule has 3 rings (SSSR count). The van der Waals surface area contributed by atoms with Gasteiger partial charge in [0, 0.05) is 18.0 Å². The average Bonchev–Trinajstić information content (AvgIpc) is 2.51. The largest absolute Gasteiger partial charge is 0.393 e. The maximum atomic E-state index is 10.4. The Morgan fingerprint density at radius 1 is 0.905 bits per heavy atom. The summed E-state index contributed by atoms with van der Waals surface area (Å²) >= 11 is 0. The van der Waals surface area contributed by atoms with Gasteiger partial charge in [0.15, 0.2) is 0 Å². The fourth-order valence-corrected chi connectivity index (χ4v) is 3.09. The van der Waals surface area contributed by atoms with Crippen molar-refractivity contribution in [2.24, 2.45) is 5.92 Å². The Labute approximate surface area is 132 Å². The van der Waals surface area contributed by atoms with E-state index in [2.05, 4.69) is 60.8 Å². The number of hydrogen-bond donors (Lipinski definition) is 2. The van der Waals surface area contributed by atoms with Gasteiger partial charge in [-0.15, -0.1) is 12.4 Å². The Balaban J connectivity index is 0.00000161. The summed E-state index contributed by atoms with van der Waals surface area (Å²) in [5.74, 6) is 0.220. The molecule has 3 heteroatoms. The minimum atomic E-state index is -0.272. The second-order valence-corrected chi connectivity index (χ2v) is 5.68. The standard InChI is InChI=1S/C18H21NO.ClH/c1-13-17(20)12-16(14-8-4-2-5-9-14)19-18(13)15-10-6-3-7-11-15;/h2-11,13,16-20H,12H2,1H3;1H. The zero-order valence-corrected chi connectivity index (χ0v) is 13.0. The maximum absolute atomic E-state index is 10.4. The molecule has 0 aromatic heterocycles. The first-order valence-corrected chi connectivity index (χ1v) is 7.29. The Morgan fingerprint density at radius 3 is 2.00 bits per heavy atom. The molecule has 2 aromatic rings. The minimum absolute atomic E-state index is 0. The lowest BCUT2D eigenvalue weighted by atomic mass is 9.81. The van der Waals surface area contributed by atoms with Crippen LogP contribution in [0.4, 0.5) is 0 Å². The molecule has 4 unspecified atom stereocenters. The number of aliphatic hydroxyl groups is 1. The third kappa shape index (κ3) is 3.46. The zero-order valence-electron chi connectivity index (χ0n) is 12.1. The van der Waals surface area contributed by atoms with Crippen LogP contribution in [0.3, 0.4) is 0 Å². The third-order valence-electron chi connectivity index (χ3n) is 4.35. The number of halogens is 1. The van der Waals surface area contributed by atoms with Gasteiger partial charge in [0.05, 0.1) is 6.10 Å². The van der Waals surface area contributed by atoms with Crippen LogP contribution in [0, 0.1) is 5.92 Å². The van der Waals surface area contributed by atoms with E-state index < -0.39 is 0 Å². The highest BCUT2D eigenvalue weighted by Crippen LogP contribution is 2.36. The van der Waals surface area contributed by atoms with Gasteiger partial charge in [0.2, 0.25) is 0 Å². The monoisotopic (exact) mass is 303 g/mol.